The summed E-state index contributed by atoms with van der Waals surface area (Å²) in [6.45, 7) is 7.80. The molecule has 0 unspecified atom stereocenters. The lowest BCUT2D eigenvalue weighted by Gasteiger charge is -2.22. The molecule has 0 aliphatic heterocycles. The van der Waals surface area contributed by atoms with Gasteiger partial charge in [-0.15, -0.1) is 0 Å². The summed E-state index contributed by atoms with van der Waals surface area (Å²) in [4.78, 5) is 12.6. The van der Waals surface area contributed by atoms with Gasteiger partial charge in [-0.05, 0) is 68.1 Å². The van der Waals surface area contributed by atoms with Gasteiger partial charge < -0.3 is 19.5 Å². The molecule has 0 aliphatic carbocycles. The molecule has 0 heterocycles. The molecular weight excluding hydrogens is 342 g/mol. The van der Waals surface area contributed by atoms with Crippen molar-refractivity contribution in [2.24, 2.45) is 0 Å². The summed E-state index contributed by atoms with van der Waals surface area (Å²) >= 11 is 0. The number of aryl methyl sites for hydroxylation is 2. The van der Waals surface area contributed by atoms with Gasteiger partial charge in [0.15, 0.2) is 17.6 Å². The van der Waals surface area contributed by atoms with Gasteiger partial charge in [0.05, 0.1) is 20.3 Å². The van der Waals surface area contributed by atoms with Crippen LogP contribution in [0.3, 0.4) is 0 Å². The molecule has 1 amide bonds. The highest BCUT2D eigenvalue weighted by Crippen LogP contribution is 2.31. The number of carbonyl (C=O) groups excluding carboxylic acids is 1. The molecule has 5 nitrogen and oxygen atoms in total. The smallest absolute Gasteiger partial charge is 0.261 e. The third kappa shape index (κ3) is 5.39. The number of hydrogen-bond acceptors (Lipinski definition) is 4. The molecule has 0 radical (unpaired) electrons. The molecule has 0 spiro atoms. The Hall–Kier alpha value is -2.69. The van der Waals surface area contributed by atoms with Crippen molar-refractivity contribution in [1.29, 1.82) is 0 Å². The first kappa shape index (κ1) is 20.6. The third-order valence-corrected chi connectivity index (χ3v) is 4.41. The molecule has 0 fully saturated rings. The summed E-state index contributed by atoms with van der Waals surface area (Å²) in [6, 6.07) is 11.5. The van der Waals surface area contributed by atoms with E-state index < -0.39 is 6.10 Å². The highest BCUT2D eigenvalue weighted by molar-refractivity contribution is 5.81. The van der Waals surface area contributed by atoms with E-state index >= 15 is 0 Å². The molecule has 0 saturated carbocycles. The highest BCUT2D eigenvalue weighted by Gasteiger charge is 2.20. The van der Waals surface area contributed by atoms with E-state index in [0.717, 1.165) is 23.1 Å². The van der Waals surface area contributed by atoms with Crippen molar-refractivity contribution in [3.05, 3.63) is 53.1 Å². The van der Waals surface area contributed by atoms with Crippen molar-refractivity contribution in [3.8, 4) is 17.2 Å². The van der Waals surface area contributed by atoms with Crippen LogP contribution in [0, 0.1) is 13.8 Å². The van der Waals surface area contributed by atoms with Gasteiger partial charge in [0.2, 0.25) is 0 Å². The number of methoxy groups -OCH3 is 2. The topological polar surface area (TPSA) is 56.8 Å². The number of carbonyl (C=O) groups is 1. The Kier molecular flexibility index (Phi) is 7.11. The number of rotatable bonds is 8. The quantitative estimate of drug-likeness (QED) is 0.749. The standard InChI is InChI=1S/C22H29NO4/c1-7-19(17-8-9-20(25-5)21(13-17)26-6)23-22(24)16(4)27-18-11-14(2)10-15(3)12-18/h8-13,16,19H,7H2,1-6H3,(H,23,24)/t16-,19-/m1/s1. The molecule has 2 aromatic rings. The number of hydrogen-bond donors (Lipinski definition) is 1. The van der Waals surface area contributed by atoms with E-state index in [4.69, 9.17) is 14.2 Å². The number of amides is 1. The first-order chi connectivity index (χ1) is 12.9. The number of benzene rings is 2. The molecule has 0 aromatic heterocycles. The Morgan fingerprint density at radius 2 is 1.63 bits per heavy atom. The molecule has 2 rings (SSSR count). The SMILES string of the molecule is CC[C@@H](NC(=O)[C@@H](C)Oc1cc(C)cc(C)c1)c1ccc(OC)c(OC)c1. The largest absolute Gasteiger partial charge is 0.493 e. The maximum absolute atomic E-state index is 12.6. The van der Waals surface area contributed by atoms with E-state index in [9.17, 15) is 4.79 Å². The van der Waals surface area contributed by atoms with Crippen LogP contribution in [0.15, 0.2) is 36.4 Å². The number of ether oxygens (including phenoxy) is 3. The predicted molar refractivity (Wildman–Crippen MR) is 107 cm³/mol. The zero-order chi connectivity index (χ0) is 20.0. The summed E-state index contributed by atoms with van der Waals surface area (Å²) in [7, 11) is 3.20. The van der Waals surface area contributed by atoms with Crippen LogP contribution in [0.2, 0.25) is 0 Å². The van der Waals surface area contributed by atoms with Crippen LogP contribution in [0.25, 0.3) is 0 Å². The van der Waals surface area contributed by atoms with E-state index in [1.807, 2.05) is 51.1 Å². The van der Waals surface area contributed by atoms with Crippen LogP contribution < -0.4 is 19.5 Å². The molecular formula is C22H29NO4. The highest BCUT2D eigenvalue weighted by atomic mass is 16.5. The first-order valence-corrected chi connectivity index (χ1v) is 9.15. The molecule has 146 valence electrons. The van der Waals surface area contributed by atoms with Crippen molar-refractivity contribution >= 4 is 5.91 Å². The number of nitrogens with one attached hydrogen (secondary N) is 1. The fourth-order valence-electron chi connectivity index (χ4n) is 3.04. The second kappa shape index (κ2) is 9.31. The lowest BCUT2D eigenvalue weighted by atomic mass is 10.0. The summed E-state index contributed by atoms with van der Waals surface area (Å²) in [5, 5.41) is 3.06. The minimum absolute atomic E-state index is 0.136. The van der Waals surface area contributed by atoms with Gasteiger partial charge >= 0.3 is 0 Å². The zero-order valence-electron chi connectivity index (χ0n) is 17.0. The first-order valence-electron chi connectivity index (χ1n) is 9.15. The van der Waals surface area contributed by atoms with Gasteiger partial charge in [0, 0.05) is 0 Å². The van der Waals surface area contributed by atoms with Gasteiger partial charge in [-0.3, -0.25) is 4.79 Å². The molecule has 2 aromatic carbocycles. The minimum Gasteiger partial charge on any atom is -0.493 e. The van der Waals surface area contributed by atoms with E-state index in [-0.39, 0.29) is 11.9 Å². The Labute approximate surface area is 161 Å². The van der Waals surface area contributed by atoms with Gasteiger partial charge in [0.25, 0.3) is 5.91 Å². The normalized spacial score (nSPS) is 12.8. The van der Waals surface area contributed by atoms with Crippen LogP contribution in [0.5, 0.6) is 17.2 Å². The summed E-state index contributed by atoms with van der Waals surface area (Å²) in [5.41, 5.74) is 3.17. The monoisotopic (exact) mass is 371 g/mol. The zero-order valence-corrected chi connectivity index (χ0v) is 17.0. The minimum atomic E-state index is -0.597. The Bertz CT molecular complexity index is 768. The summed E-state index contributed by atoms with van der Waals surface area (Å²) in [5.74, 6) is 1.85. The molecule has 0 bridgehead atoms. The second-order valence-electron chi connectivity index (χ2n) is 6.67. The van der Waals surface area contributed by atoms with Crippen molar-refractivity contribution < 1.29 is 19.0 Å². The summed E-state index contributed by atoms with van der Waals surface area (Å²) in [6.07, 6.45) is 0.151. The van der Waals surface area contributed by atoms with Gasteiger partial charge in [-0.1, -0.05) is 19.1 Å². The lowest BCUT2D eigenvalue weighted by Crippen LogP contribution is -2.38. The molecule has 2 atom stereocenters. The molecule has 5 heteroatoms. The maximum atomic E-state index is 12.6. The molecule has 0 aliphatic rings. The van der Waals surface area contributed by atoms with Gasteiger partial charge in [-0.2, -0.15) is 0 Å². The fourth-order valence-corrected chi connectivity index (χ4v) is 3.04. The Morgan fingerprint density at radius 1 is 1.00 bits per heavy atom. The van der Waals surface area contributed by atoms with E-state index in [1.54, 1.807) is 21.1 Å². The van der Waals surface area contributed by atoms with Crippen LogP contribution in [-0.4, -0.2) is 26.2 Å². The van der Waals surface area contributed by atoms with Gasteiger partial charge in [0.1, 0.15) is 5.75 Å². The van der Waals surface area contributed by atoms with E-state index in [1.165, 1.54) is 0 Å². The Balaban J connectivity index is 2.09. The fraction of sp³-hybridized carbons (Fsp3) is 0.409. The van der Waals surface area contributed by atoms with Crippen LogP contribution in [0.4, 0.5) is 0 Å². The summed E-state index contributed by atoms with van der Waals surface area (Å²) < 4.78 is 16.5. The molecule has 0 saturated heterocycles. The average Bonchev–Trinajstić information content (AvgIpc) is 2.64. The Morgan fingerprint density at radius 3 is 2.19 bits per heavy atom. The van der Waals surface area contributed by atoms with Crippen LogP contribution in [0.1, 0.15) is 43.0 Å². The molecule has 1 N–H and O–H groups in total. The van der Waals surface area contributed by atoms with E-state index in [2.05, 4.69) is 11.4 Å². The average molecular weight is 371 g/mol. The van der Waals surface area contributed by atoms with Crippen LogP contribution in [-0.2, 0) is 4.79 Å². The van der Waals surface area contributed by atoms with Crippen LogP contribution >= 0.6 is 0 Å². The van der Waals surface area contributed by atoms with E-state index in [0.29, 0.717) is 17.2 Å². The maximum Gasteiger partial charge on any atom is 0.261 e. The molecule has 27 heavy (non-hydrogen) atoms. The van der Waals surface area contributed by atoms with Crippen molar-refractivity contribution in [2.75, 3.05) is 14.2 Å². The van der Waals surface area contributed by atoms with Gasteiger partial charge in [-0.25, -0.2) is 0 Å². The van der Waals surface area contributed by atoms with Crippen molar-refractivity contribution in [3.63, 3.8) is 0 Å². The lowest BCUT2D eigenvalue weighted by molar-refractivity contribution is -0.128. The predicted octanol–water partition coefficient (Wildman–Crippen LogP) is 4.36. The van der Waals surface area contributed by atoms with Crippen molar-refractivity contribution in [1.82, 2.24) is 5.32 Å². The third-order valence-electron chi connectivity index (χ3n) is 4.41. The van der Waals surface area contributed by atoms with Crippen molar-refractivity contribution in [2.45, 2.75) is 46.3 Å². The second-order valence-corrected chi connectivity index (χ2v) is 6.67.